The van der Waals surface area contributed by atoms with Gasteiger partial charge < -0.3 is 14.8 Å². The molecule has 25 heavy (non-hydrogen) atoms. The van der Waals surface area contributed by atoms with Crippen molar-refractivity contribution >= 4 is 22.4 Å². The van der Waals surface area contributed by atoms with Gasteiger partial charge in [0.25, 0.3) is 0 Å². The van der Waals surface area contributed by atoms with E-state index in [0.29, 0.717) is 45.0 Å². The van der Waals surface area contributed by atoms with E-state index >= 15 is 0 Å². The lowest BCUT2D eigenvalue weighted by Crippen LogP contribution is -1.99. The van der Waals surface area contributed by atoms with Gasteiger partial charge in [0.15, 0.2) is 11.5 Å². The second-order valence-corrected chi connectivity index (χ2v) is 5.38. The van der Waals surface area contributed by atoms with Crippen LogP contribution >= 0.6 is 0 Å². The van der Waals surface area contributed by atoms with Gasteiger partial charge in [0.05, 0.1) is 19.7 Å². The van der Waals surface area contributed by atoms with Crippen LogP contribution in [-0.4, -0.2) is 24.2 Å². The van der Waals surface area contributed by atoms with Crippen molar-refractivity contribution in [2.75, 3.05) is 19.5 Å². The van der Waals surface area contributed by atoms with Crippen molar-refractivity contribution in [1.82, 2.24) is 9.97 Å². The molecule has 0 unspecified atom stereocenters. The Balaban J connectivity index is 2.07. The molecule has 0 spiro atoms. The monoisotopic (exact) mass is 345 g/mol. The summed E-state index contributed by atoms with van der Waals surface area (Å²) in [7, 11) is 3.09. The predicted octanol–water partition coefficient (Wildman–Crippen LogP) is 4.33. The molecule has 0 amide bonds. The first-order valence-electron chi connectivity index (χ1n) is 7.57. The van der Waals surface area contributed by atoms with Crippen molar-refractivity contribution in [3.8, 4) is 11.5 Å². The second kappa shape index (κ2) is 7.29. The number of benzene rings is 2. The van der Waals surface area contributed by atoms with Gasteiger partial charge in [0.2, 0.25) is 0 Å². The van der Waals surface area contributed by atoms with Gasteiger partial charge in [-0.3, -0.25) is 0 Å². The third-order valence-electron chi connectivity index (χ3n) is 3.76. The number of ether oxygens (including phenoxy) is 2. The maximum absolute atomic E-state index is 13.0. The first-order valence-corrected chi connectivity index (χ1v) is 7.57. The van der Waals surface area contributed by atoms with Crippen LogP contribution in [0.4, 0.5) is 20.3 Å². The number of fused-ring (bicyclic) bond motifs is 1. The smallest absolute Gasteiger partial charge is 0.162 e. The third kappa shape index (κ3) is 3.45. The Labute approximate surface area is 143 Å². The molecule has 3 aromatic rings. The average Bonchev–Trinajstić information content (AvgIpc) is 2.66. The summed E-state index contributed by atoms with van der Waals surface area (Å²) in [6.45, 7) is -1.34. The number of aromatic nitrogens is 2. The van der Waals surface area contributed by atoms with Crippen LogP contribution < -0.4 is 14.8 Å². The number of methoxy groups -OCH3 is 2. The Morgan fingerprint density at radius 3 is 2.12 bits per heavy atom. The summed E-state index contributed by atoms with van der Waals surface area (Å²) in [5.74, 6) is 1.60. The molecule has 0 saturated carbocycles. The molecule has 1 aromatic heterocycles. The lowest BCUT2D eigenvalue weighted by atomic mass is 10.1. The van der Waals surface area contributed by atoms with Crippen molar-refractivity contribution in [3.63, 3.8) is 0 Å². The summed E-state index contributed by atoms with van der Waals surface area (Å²) in [6, 6.07) is 8.23. The maximum atomic E-state index is 13.0. The molecule has 130 valence electrons. The highest BCUT2D eigenvalue weighted by Gasteiger charge is 2.11. The summed E-state index contributed by atoms with van der Waals surface area (Å²) >= 11 is 0. The zero-order valence-electron chi connectivity index (χ0n) is 13.8. The lowest BCUT2D eigenvalue weighted by Gasteiger charge is -2.13. The minimum Gasteiger partial charge on any atom is -0.493 e. The highest BCUT2D eigenvalue weighted by Crippen LogP contribution is 2.34. The van der Waals surface area contributed by atoms with Crippen LogP contribution in [0.15, 0.2) is 36.7 Å². The molecule has 0 aliphatic rings. The molecule has 3 rings (SSSR count). The van der Waals surface area contributed by atoms with E-state index in [1.165, 1.54) is 12.4 Å². The number of hydrogen-bond donors (Lipinski definition) is 1. The second-order valence-electron chi connectivity index (χ2n) is 5.38. The SMILES string of the molecule is COc1cc2ncnc(Nc3cc(CF)cc(CF)c3)c2cc1OC. The number of nitrogens with one attached hydrogen (secondary N) is 1. The Kier molecular flexibility index (Phi) is 4.92. The zero-order chi connectivity index (χ0) is 17.8. The fourth-order valence-electron chi connectivity index (χ4n) is 2.61. The van der Waals surface area contributed by atoms with Crippen LogP contribution in [0.5, 0.6) is 11.5 Å². The van der Waals surface area contributed by atoms with Gasteiger partial charge in [0, 0.05) is 17.1 Å². The fourth-order valence-corrected chi connectivity index (χ4v) is 2.61. The Bertz CT molecular complexity index is 881. The Morgan fingerprint density at radius 2 is 1.52 bits per heavy atom. The predicted molar refractivity (Wildman–Crippen MR) is 92.0 cm³/mol. The van der Waals surface area contributed by atoms with Crippen LogP contribution in [0, 0.1) is 0 Å². The molecular weight excluding hydrogens is 328 g/mol. The number of halogens is 2. The van der Waals surface area contributed by atoms with Gasteiger partial charge >= 0.3 is 0 Å². The number of anilines is 2. The molecule has 0 saturated heterocycles. The number of nitrogens with zero attached hydrogens (tertiary/aromatic N) is 2. The van der Waals surface area contributed by atoms with E-state index in [9.17, 15) is 8.78 Å². The molecule has 0 aliphatic carbocycles. The van der Waals surface area contributed by atoms with Gasteiger partial charge in [-0.25, -0.2) is 18.7 Å². The molecule has 1 N–H and O–H groups in total. The largest absolute Gasteiger partial charge is 0.493 e. The van der Waals surface area contributed by atoms with E-state index in [1.807, 2.05) is 0 Å². The standard InChI is InChI=1S/C18H17F2N3O2/c1-24-16-6-14-15(7-17(16)25-2)21-10-22-18(14)23-13-4-11(8-19)3-12(5-13)9-20/h3-7,10H,8-9H2,1-2H3,(H,21,22,23). The van der Waals surface area contributed by atoms with E-state index in [4.69, 9.17) is 9.47 Å². The van der Waals surface area contributed by atoms with Gasteiger partial charge in [-0.1, -0.05) is 6.07 Å². The van der Waals surface area contributed by atoms with Crippen molar-refractivity contribution < 1.29 is 18.3 Å². The zero-order valence-corrected chi connectivity index (χ0v) is 13.8. The van der Waals surface area contributed by atoms with E-state index in [1.54, 1.807) is 38.5 Å². The van der Waals surface area contributed by atoms with Crippen LogP contribution in [0.1, 0.15) is 11.1 Å². The third-order valence-corrected chi connectivity index (χ3v) is 3.76. The Morgan fingerprint density at radius 1 is 0.880 bits per heavy atom. The number of hydrogen-bond acceptors (Lipinski definition) is 5. The molecule has 0 fully saturated rings. The number of alkyl halides is 2. The van der Waals surface area contributed by atoms with Gasteiger partial charge in [-0.15, -0.1) is 0 Å². The molecule has 5 nitrogen and oxygen atoms in total. The van der Waals surface area contributed by atoms with E-state index < -0.39 is 13.3 Å². The lowest BCUT2D eigenvalue weighted by molar-refractivity contribution is 0.356. The van der Waals surface area contributed by atoms with Crippen molar-refractivity contribution in [2.24, 2.45) is 0 Å². The topological polar surface area (TPSA) is 56.3 Å². The quantitative estimate of drug-likeness (QED) is 0.721. The van der Waals surface area contributed by atoms with E-state index in [2.05, 4.69) is 15.3 Å². The molecule has 1 heterocycles. The fraction of sp³-hybridized carbons (Fsp3) is 0.222. The van der Waals surface area contributed by atoms with Gasteiger partial charge in [-0.05, 0) is 29.3 Å². The minimum absolute atomic E-state index is 0.398. The molecule has 0 bridgehead atoms. The normalized spacial score (nSPS) is 10.7. The molecule has 7 heteroatoms. The molecule has 2 aromatic carbocycles. The molecule has 0 atom stereocenters. The summed E-state index contributed by atoms with van der Waals surface area (Å²) in [4.78, 5) is 8.47. The van der Waals surface area contributed by atoms with Crippen molar-refractivity contribution in [3.05, 3.63) is 47.8 Å². The number of rotatable bonds is 6. The molecule has 0 radical (unpaired) electrons. The summed E-state index contributed by atoms with van der Waals surface area (Å²) in [5, 5.41) is 3.81. The first kappa shape index (κ1) is 16.9. The van der Waals surface area contributed by atoms with Gasteiger partial charge in [0.1, 0.15) is 25.5 Å². The van der Waals surface area contributed by atoms with E-state index in [0.717, 1.165) is 0 Å². The van der Waals surface area contributed by atoms with Crippen LogP contribution in [0.2, 0.25) is 0 Å². The van der Waals surface area contributed by atoms with Crippen molar-refractivity contribution in [1.29, 1.82) is 0 Å². The molecule has 0 aliphatic heterocycles. The summed E-state index contributed by atoms with van der Waals surface area (Å²) in [5.41, 5.74) is 2.01. The minimum atomic E-state index is -0.669. The highest BCUT2D eigenvalue weighted by atomic mass is 19.1. The van der Waals surface area contributed by atoms with Crippen LogP contribution in [0.3, 0.4) is 0 Å². The maximum Gasteiger partial charge on any atom is 0.162 e. The average molecular weight is 345 g/mol. The van der Waals surface area contributed by atoms with Crippen LogP contribution in [0.25, 0.3) is 10.9 Å². The Hall–Kier alpha value is -2.96. The van der Waals surface area contributed by atoms with Crippen molar-refractivity contribution in [2.45, 2.75) is 13.3 Å². The van der Waals surface area contributed by atoms with Gasteiger partial charge in [-0.2, -0.15) is 0 Å². The van der Waals surface area contributed by atoms with E-state index in [-0.39, 0.29) is 0 Å². The first-order chi connectivity index (χ1) is 12.2. The van der Waals surface area contributed by atoms with Crippen LogP contribution in [-0.2, 0) is 13.3 Å². The summed E-state index contributed by atoms with van der Waals surface area (Å²) < 4.78 is 36.6. The molecular formula is C18H17F2N3O2. The highest BCUT2D eigenvalue weighted by molar-refractivity contribution is 5.93. The summed E-state index contributed by atoms with van der Waals surface area (Å²) in [6.07, 6.45) is 1.41.